The molecular weight excluding hydrogens is 662 g/mol. The largest absolute Gasteiger partial charge is 0.491 e. The standard InChI is InChI=1S/C37H50ClN5O7/c1-21(2)14-24-18-30(27-6-7-29(31(38)32(27)40-24)48-13-10-42-8-11-47-12-9-42)49-26-19-28(34(39)44)43(20-26)35(45)33(37(3,4)5)41-36(46)50-25-16-22-15-23(22)17-25/h6-7,14,18,22-23,25-26,28,33H,8-13,15-17,19-20H2,1-5H3,(H2,39,44)(H,41,46)/t22-,23+,25+,26?,28-,33+/m0/s1. The van der Waals surface area contributed by atoms with Crippen LogP contribution in [0.4, 0.5) is 4.79 Å². The van der Waals surface area contributed by atoms with E-state index in [4.69, 9.17) is 41.3 Å². The maximum atomic E-state index is 14.1. The maximum absolute atomic E-state index is 14.1. The lowest BCUT2D eigenvalue weighted by molar-refractivity contribution is -0.141. The number of hydrogen-bond donors (Lipinski definition) is 2. The number of morpholine rings is 1. The third kappa shape index (κ3) is 8.46. The molecule has 3 N–H and O–H groups in total. The van der Waals surface area contributed by atoms with Crippen LogP contribution in [-0.2, 0) is 19.1 Å². The van der Waals surface area contributed by atoms with Gasteiger partial charge >= 0.3 is 6.09 Å². The number of carbonyl (C=O) groups is 3. The molecule has 2 aromatic rings. The van der Waals surface area contributed by atoms with Gasteiger partial charge in [0.2, 0.25) is 11.8 Å². The zero-order valence-electron chi connectivity index (χ0n) is 29.7. The first-order chi connectivity index (χ1) is 23.8. The first kappa shape index (κ1) is 36.2. The predicted octanol–water partition coefficient (Wildman–Crippen LogP) is 4.80. The molecule has 4 fully saturated rings. The lowest BCUT2D eigenvalue weighted by Gasteiger charge is -2.35. The summed E-state index contributed by atoms with van der Waals surface area (Å²) in [6.07, 6.45) is 3.75. The van der Waals surface area contributed by atoms with Gasteiger partial charge < -0.3 is 34.9 Å². The van der Waals surface area contributed by atoms with Gasteiger partial charge in [-0.1, -0.05) is 37.9 Å². The van der Waals surface area contributed by atoms with Crippen LogP contribution in [0.5, 0.6) is 11.5 Å². The number of alkyl carbamates (subject to hydrolysis) is 1. The van der Waals surface area contributed by atoms with E-state index in [1.54, 1.807) is 0 Å². The second-order valence-electron chi connectivity index (χ2n) is 15.4. The highest BCUT2D eigenvalue weighted by Crippen LogP contribution is 2.52. The van der Waals surface area contributed by atoms with Gasteiger partial charge in [0.05, 0.1) is 31.0 Å². The van der Waals surface area contributed by atoms with Crippen molar-refractivity contribution in [2.45, 2.75) is 84.6 Å². The Labute approximate surface area is 298 Å². The van der Waals surface area contributed by atoms with Crippen molar-refractivity contribution in [2.24, 2.45) is 23.0 Å². The number of nitrogens with one attached hydrogen (secondary N) is 1. The molecule has 1 aromatic heterocycles. The van der Waals surface area contributed by atoms with E-state index in [-0.39, 0.29) is 19.1 Å². The fraction of sp³-hybridized carbons (Fsp3) is 0.622. The fourth-order valence-corrected chi connectivity index (χ4v) is 7.63. The van der Waals surface area contributed by atoms with E-state index in [0.29, 0.717) is 64.8 Å². The van der Waals surface area contributed by atoms with Crippen LogP contribution in [0.25, 0.3) is 17.0 Å². The van der Waals surface area contributed by atoms with E-state index in [1.807, 2.05) is 58.9 Å². The summed E-state index contributed by atoms with van der Waals surface area (Å²) in [5.41, 5.74) is 7.38. The van der Waals surface area contributed by atoms with E-state index >= 15 is 0 Å². The van der Waals surface area contributed by atoms with Crippen LogP contribution in [0.2, 0.25) is 5.02 Å². The average Bonchev–Trinajstić information content (AvgIpc) is 3.43. The van der Waals surface area contributed by atoms with Crippen molar-refractivity contribution >= 4 is 46.5 Å². The molecule has 6 atom stereocenters. The van der Waals surface area contributed by atoms with E-state index in [2.05, 4.69) is 10.2 Å². The molecule has 0 radical (unpaired) electrons. The van der Waals surface area contributed by atoms with Crippen molar-refractivity contribution in [3.63, 3.8) is 0 Å². The second-order valence-corrected chi connectivity index (χ2v) is 15.8. The Bertz CT molecular complexity index is 1620. The number of aromatic nitrogens is 1. The summed E-state index contributed by atoms with van der Waals surface area (Å²) in [4.78, 5) is 48.4. The molecule has 2 aliphatic carbocycles. The summed E-state index contributed by atoms with van der Waals surface area (Å²) in [7, 11) is 0. The third-order valence-corrected chi connectivity index (χ3v) is 10.5. The lowest BCUT2D eigenvalue weighted by atomic mass is 9.85. The van der Waals surface area contributed by atoms with Crippen LogP contribution < -0.4 is 20.5 Å². The lowest BCUT2D eigenvalue weighted by Crippen LogP contribution is -2.57. The zero-order chi connectivity index (χ0) is 35.7. The van der Waals surface area contributed by atoms with E-state index < -0.39 is 41.5 Å². The Morgan fingerprint density at radius 1 is 1.08 bits per heavy atom. The molecule has 2 saturated heterocycles. The first-order valence-electron chi connectivity index (χ1n) is 17.7. The van der Waals surface area contributed by atoms with Gasteiger partial charge in [-0.05, 0) is 68.6 Å². The molecule has 2 saturated carbocycles. The number of ether oxygens (including phenoxy) is 4. The van der Waals surface area contributed by atoms with Crippen LogP contribution in [0.15, 0.2) is 23.8 Å². The number of halogens is 1. The SMILES string of the molecule is CC(C)=Cc1cc(OC2C[C@@H](C(N)=O)N(C(=O)[C@@H](NC(=O)O[C@@H]3C[C@@H]4C[C@@H]4C3)C(C)(C)C)C2)c2ccc(OCCN3CCOCC3)c(Cl)c2n1. The molecule has 2 aliphatic heterocycles. The van der Waals surface area contributed by atoms with Gasteiger partial charge in [-0.2, -0.15) is 0 Å². The molecule has 13 heteroatoms. The molecule has 0 bridgehead atoms. The van der Waals surface area contributed by atoms with E-state index in [9.17, 15) is 14.4 Å². The summed E-state index contributed by atoms with van der Waals surface area (Å²) in [5, 5.41) is 3.86. The minimum Gasteiger partial charge on any atom is -0.491 e. The Balaban J connectivity index is 1.19. The highest BCUT2D eigenvalue weighted by atomic mass is 35.5. The van der Waals surface area contributed by atoms with E-state index in [0.717, 1.165) is 38.0 Å². The molecule has 4 aliphatic rings. The zero-order valence-corrected chi connectivity index (χ0v) is 30.5. The Hall–Kier alpha value is -3.61. The predicted molar refractivity (Wildman–Crippen MR) is 190 cm³/mol. The molecule has 1 unspecified atom stereocenters. The normalized spacial score (nSPS) is 25.5. The summed E-state index contributed by atoms with van der Waals surface area (Å²) in [6.45, 7) is 14.0. The molecular formula is C37H50ClN5O7. The van der Waals surface area contributed by atoms with E-state index in [1.165, 1.54) is 11.3 Å². The second kappa shape index (κ2) is 14.9. The quantitative estimate of drug-likeness (QED) is 0.336. The van der Waals surface area contributed by atoms with Gasteiger partial charge in [0.1, 0.15) is 47.4 Å². The summed E-state index contributed by atoms with van der Waals surface area (Å²) >= 11 is 6.92. The van der Waals surface area contributed by atoms with Gasteiger partial charge in [0.15, 0.2) is 0 Å². The molecule has 0 spiro atoms. The van der Waals surface area contributed by atoms with Crippen molar-refractivity contribution in [1.29, 1.82) is 0 Å². The van der Waals surface area contributed by atoms with Gasteiger partial charge in [-0.3, -0.25) is 14.5 Å². The van der Waals surface area contributed by atoms with Crippen LogP contribution in [-0.4, -0.2) is 103 Å². The number of pyridine rings is 1. The number of carbonyl (C=O) groups excluding carboxylic acids is 3. The molecule has 6 rings (SSSR count). The van der Waals surface area contributed by atoms with Crippen molar-refractivity contribution in [3.05, 3.63) is 34.5 Å². The molecule has 12 nitrogen and oxygen atoms in total. The average molecular weight is 712 g/mol. The first-order valence-corrected chi connectivity index (χ1v) is 18.1. The van der Waals surface area contributed by atoms with Crippen molar-refractivity contribution in [3.8, 4) is 11.5 Å². The number of nitrogens with zero attached hydrogens (tertiary/aromatic N) is 3. The summed E-state index contributed by atoms with van der Waals surface area (Å²) < 4.78 is 23.8. The smallest absolute Gasteiger partial charge is 0.408 e. The number of allylic oxidation sites excluding steroid dienone is 1. The van der Waals surface area contributed by atoms with Crippen LogP contribution in [0.1, 0.15) is 66.0 Å². The van der Waals surface area contributed by atoms with Crippen molar-refractivity contribution in [2.75, 3.05) is 46.0 Å². The Kier molecular flexibility index (Phi) is 10.8. The van der Waals surface area contributed by atoms with Gasteiger partial charge in [0.25, 0.3) is 0 Å². The monoisotopic (exact) mass is 711 g/mol. The molecule has 50 heavy (non-hydrogen) atoms. The number of rotatable bonds is 11. The Morgan fingerprint density at radius 3 is 2.46 bits per heavy atom. The minimum absolute atomic E-state index is 0.0972. The summed E-state index contributed by atoms with van der Waals surface area (Å²) in [5.74, 6) is 1.28. The highest BCUT2D eigenvalue weighted by molar-refractivity contribution is 6.36. The Morgan fingerprint density at radius 2 is 1.80 bits per heavy atom. The third-order valence-electron chi connectivity index (χ3n) is 10.1. The number of nitrogens with two attached hydrogens (primary N) is 1. The van der Waals surface area contributed by atoms with Gasteiger partial charge in [-0.15, -0.1) is 0 Å². The summed E-state index contributed by atoms with van der Waals surface area (Å²) in [6, 6.07) is 3.64. The molecule has 272 valence electrons. The number of hydrogen-bond acceptors (Lipinski definition) is 9. The minimum atomic E-state index is -0.946. The number of fused-ring (bicyclic) bond motifs is 2. The van der Waals surface area contributed by atoms with Gasteiger partial charge in [0, 0.05) is 37.5 Å². The number of primary amides is 1. The fourth-order valence-electron chi connectivity index (χ4n) is 7.36. The highest BCUT2D eigenvalue weighted by Gasteiger charge is 2.48. The molecule has 1 aromatic carbocycles. The maximum Gasteiger partial charge on any atom is 0.408 e. The van der Waals surface area contributed by atoms with Crippen LogP contribution >= 0.6 is 11.6 Å². The topological polar surface area (TPSA) is 146 Å². The van der Waals surface area contributed by atoms with Crippen molar-refractivity contribution < 1.29 is 33.3 Å². The van der Waals surface area contributed by atoms with Crippen molar-refractivity contribution in [1.82, 2.24) is 20.1 Å². The van der Waals surface area contributed by atoms with Crippen LogP contribution in [0, 0.1) is 17.3 Å². The van der Waals surface area contributed by atoms with Crippen LogP contribution in [0.3, 0.4) is 0 Å². The number of amides is 3. The number of likely N-dealkylation sites (tertiary alicyclic amines) is 1. The number of benzene rings is 1. The molecule has 3 amide bonds. The molecule has 3 heterocycles. The van der Waals surface area contributed by atoms with Gasteiger partial charge in [-0.25, -0.2) is 9.78 Å².